The number of carbonyl (C=O) groups excluding carboxylic acids is 1. The molecular formula is C16H22FN3O. The van der Waals surface area contributed by atoms with Gasteiger partial charge in [0.1, 0.15) is 5.82 Å². The standard InChI is InChI=1S/C16H22FN3O/c1-2-19-7-9-20(10-8-19)15-6-3-12(11-14(15)17)16(21)18-13-4-5-13/h3,6,11,13H,2,4-5,7-10H2,1H3,(H,18,21). The second-order valence-corrected chi connectivity index (χ2v) is 5.84. The molecule has 1 aliphatic carbocycles. The van der Waals surface area contributed by atoms with E-state index in [0.29, 0.717) is 17.3 Å². The van der Waals surface area contributed by atoms with E-state index in [2.05, 4.69) is 22.0 Å². The van der Waals surface area contributed by atoms with Gasteiger partial charge in [-0.15, -0.1) is 0 Å². The van der Waals surface area contributed by atoms with Crippen LogP contribution in [0.15, 0.2) is 18.2 Å². The Hall–Kier alpha value is -1.62. The predicted octanol–water partition coefficient (Wildman–Crippen LogP) is 1.86. The van der Waals surface area contributed by atoms with E-state index >= 15 is 0 Å². The maximum atomic E-state index is 14.3. The predicted molar refractivity (Wildman–Crippen MR) is 81.2 cm³/mol. The number of hydrogen-bond acceptors (Lipinski definition) is 3. The lowest BCUT2D eigenvalue weighted by Crippen LogP contribution is -2.46. The Morgan fingerprint density at radius 3 is 2.57 bits per heavy atom. The van der Waals surface area contributed by atoms with Crippen LogP contribution in [0.3, 0.4) is 0 Å². The molecule has 2 fully saturated rings. The average Bonchev–Trinajstić information content (AvgIpc) is 3.31. The molecular weight excluding hydrogens is 269 g/mol. The van der Waals surface area contributed by atoms with E-state index in [-0.39, 0.29) is 11.7 Å². The summed E-state index contributed by atoms with van der Waals surface area (Å²) in [5, 5.41) is 2.88. The first-order valence-corrected chi connectivity index (χ1v) is 7.75. The van der Waals surface area contributed by atoms with Crippen molar-refractivity contribution in [2.75, 3.05) is 37.6 Å². The van der Waals surface area contributed by atoms with Gasteiger partial charge >= 0.3 is 0 Å². The highest BCUT2D eigenvalue weighted by atomic mass is 19.1. The highest BCUT2D eigenvalue weighted by molar-refractivity contribution is 5.95. The van der Waals surface area contributed by atoms with Crippen LogP contribution in [0.4, 0.5) is 10.1 Å². The zero-order valence-electron chi connectivity index (χ0n) is 12.4. The number of likely N-dealkylation sites (N-methyl/N-ethyl adjacent to an activating group) is 1. The fourth-order valence-corrected chi connectivity index (χ4v) is 2.71. The fraction of sp³-hybridized carbons (Fsp3) is 0.562. The molecule has 1 N–H and O–H groups in total. The third-order valence-corrected chi connectivity index (χ3v) is 4.28. The Morgan fingerprint density at radius 2 is 2.00 bits per heavy atom. The number of benzene rings is 1. The molecule has 1 heterocycles. The van der Waals surface area contributed by atoms with Crippen molar-refractivity contribution >= 4 is 11.6 Å². The number of nitrogens with one attached hydrogen (secondary N) is 1. The minimum absolute atomic E-state index is 0.168. The van der Waals surface area contributed by atoms with Crippen LogP contribution in [-0.4, -0.2) is 49.6 Å². The minimum Gasteiger partial charge on any atom is -0.367 e. The molecule has 1 aliphatic heterocycles. The molecule has 1 amide bonds. The number of nitrogens with zero attached hydrogens (tertiary/aromatic N) is 2. The van der Waals surface area contributed by atoms with Crippen LogP contribution in [0, 0.1) is 5.82 Å². The van der Waals surface area contributed by atoms with Crippen molar-refractivity contribution in [2.24, 2.45) is 0 Å². The molecule has 3 rings (SSSR count). The van der Waals surface area contributed by atoms with Crippen LogP contribution in [0.1, 0.15) is 30.1 Å². The molecule has 0 bridgehead atoms. The topological polar surface area (TPSA) is 35.6 Å². The van der Waals surface area contributed by atoms with Gasteiger partial charge in [0.05, 0.1) is 5.69 Å². The van der Waals surface area contributed by atoms with E-state index < -0.39 is 0 Å². The van der Waals surface area contributed by atoms with Crippen molar-refractivity contribution in [3.05, 3.63) is 29.6 Å². The van der Waals surface area contributed by atoms with Gasteiger partial charge in [0, 0.05) is 37.8 Å². The van der Waals surface area contributed by atoms with E-state index in [1.165, 1.54) is 6.07 Å². The maximum absolute atomic E-state index is 14.3. The van der Waals surface area contributed by atoms with E-state index in [1.807, 2.05) is 0 Å². The Bertz CT molecular complexity index is 522. The van der Waals surface area contributed by atoms with Crippen LogP contribution in [0.2, 0.25) is 0 Å². The first-order chi connectivity index (χ1) is 10.2. The summed E-state index contributed by atoms with van der Waals surface area (Å²) in [6.45, 7) is 6.76. The molecule has 1 aromatic carbocycles. The summed E-state index contributed by atoms with van der Waals surface area (Å²) >= 11 is 0. The maximum Gasteiger partial charge on any atom is 0.251 e. The monoisotopic (exact) mass is 291 g/mol. The van der Waals surface area contributed by atoms with E-state index in [0.717, 1.165) is 45.6 Å². The van der Waals surface area contributed by atoms with Crippen LogP contribution in [-0.2, 0) is 0 Å². The largest absolute Gasteiger partial charge is 0.367 e. The summed E-state index contributed by atoms with van der Waals surface area (Å²) in [6, 6.07) is 5.11. The molecule has 0 unspecified atom stereocenters. The van der Waals surface area contributed by atoms with Gasteiger partial charge in [0.2, 0.25) is 0 Å². The quantitative estimate of drug-likeness (QED) is 0.920. The molecule has 4 nitrogen and oxygen atoms in total. The molecule has 5 heteroatoms. The van der Waals surface area contributed by atoms with Gasteiger partial charge in [-0.05, 0) is 37.6 Å². The van der Waals surface area contributed by atoms with Crippen molar-refractivity contribution in [2.45, 2.75) is 25.8 Å². The second-order valence-electron chi connectivity index (χ2n) is 5.84. The second kappa shape index (κ2) is 6.02. The lowest BCUT2D eigenvalue weighted by Gasteiger charge is -2.35. The van der Waals surface area contributed by atoms with Crippen molar-refractivity contribution in [1.82, 2.24) is 10.2 Å². The number of carbonyl (C=O) groups is 1. The summed E-state index contributed by atoms with van der Waals surface area (Å²) in [7, 11) is 0. The van der Waals surface area contributed by atoms with E-state index in [1.54, 1.807) is 12.1 Å². The Kier molecular flexibility index (Phi) is 4.10. The smallest absolute Gasteiger partial charge is 0.251 e. The van der Waals surface area contributed by atoms with E-state index in [9.17, 15) is 9.18 Å². The summed E-state index contributed by atoms with van der Waals surface area (Å²) < 4.78 is 14.3. The third-order valence-electron chi connectivity index (χ3n) is 4.28. The summed E-state index contributed by atoms with van der Waals surface area (Å²) in [5.74, 6) is -0.470. The average molecular weight is 291 g/mol. The molecule has 114 valence electrons. The first kappa shape index (κ1) is 14.3. The molecule has 1 saturated heterocycles. The summed E-state index contributed by atoms with van der Waals surface area (Å²) in [6.07, 6.45) is 2.07. The van der Waals surface area contributed by atoms with Crippen LogP contribution in [0.5, 0.6) is 0 Å². The first-order valence-electron chi connectivity index (χ1n) is 7.75. The van der Waals surface area contributed by atoms with Crippen LogP contribution < -0.4 is 10.2 Å². The Labute approximate surface area is 124 Å². The SMILES string of the molecule is CCN1CCN(c2ccc(C(=O)NC3CC3)cc2F)CC1. The van der Waals surface area contributed by atoms with E-state index in [4.69, 9.17) is 0 Å². The highest BCUT2D eigenvalue weighted by Crippen LogP contribution is 2.23. The number of hydrogen-bond donors (Lipinski definition) is 1. The zero-order chi connectivity index (χ0) is 14.8. The van der Waals surface area contributed by atoms with Gasteiger partial charge in [-0.25, -0.2) is 4.39 Å². The number of rotatable bonds is 4. The number of piperazine rings is 1. The highest BCUT2D eigenvalue weighted by Gasteiger charge is 2.24. The Balaban J connectivity index is 1.67. The lowest BCUT2D eigenvalue weighted by atomic mass is 10.1. The number of halogens is 1. The minimum atomic E-state index is -0.302. The molecule has 21 heavy (non-hydrogen) atoms. The van der Waals surface area contributed by atoms with Crippen LogP contribution >= 0.6 is 0 Å². The van der Waals surface area contributed by atoms with Gasteiger partial charge in [-0.3, -0.25) is 4.79 Å². The van der Waals surface area contributed by atoms with Crippen molar-refractivity contribution < 1.29 is 9.18 Å². The van der Waals surface area contributed by atoms with Gasteiger partial charge in [-0.2, -0.15) is 0 Å². The van der Waals surface area contributed by atoms with Crippen molar-refractivity contribution in [1.29, 1.82) is 0 Å². The summed E-state index contributed by atoms with van der Waals surface area (Å²) in [5.41, 5.74) is 1.02. The zero-order valence-corrected chi connectivity index (χ0v) is 12.4. The normalized spacial score (nSPS) is 19.6. The fourth-order valence-electron chi connectivity index (χ4n) is 2.71. The molecule has 0 aromatic heterocycles. The lowest BCUT2D eigenvalue weighted by molar-refractivity contribution is 0.0950. The van der Waals surface area contributed by atoms with Crippen molar-refractivity contribution in [3.8, 4) is 0 Å². The van der Waals surface area contributed by atoms with Gasteiger partial charge in [-0.1, -0.05) is 6.92 Å². The molecule has 0 radical (unpaired) electrons. The molecule has 1 aromatic rings. The van der Waals surface area contributed by atoms with Gasteiger partial charge in [0.15, 0.2) is 0 Å². The summed E-state index contributed by atoms with van der Waals surface area (Å²) in [4.78, 5) is 16.3. The van der Waals surface area contributed by atoms with Crippen LogP contribution in [0.25, 0.3) is 0 Å². The third kappa shape index (κ3) is 3.35. The van der Waals surface area contributed by atoms with Crippen molar-refractivity contribution in [3.63, 3.8) is 0 Å². The molecule has 1 saturated carbocycles. The molecule has 0 atom stereocenters. The van der Waals surface area contributed by atoms with Gasteiger partial charge < -0.3 is 15.1 Å². The Morgan fingerprint density at radius 1 is 1.29 bits per heavy atom. The molecule has 0 spiro atoms. The van der Waals surface area contributed by atoms with Gasteiger partial charge in [0.25, 0.3) is 5.91 Å². The number of amides is 1. The molecule has 2 aliphatic rings. The number of anilines is 1.